The fourth-order valence-corrected chi connectivity index (χ4v) is 1.62. The van der Waals surface area contributed by atoms with Crippen LogP contribution in [0, 0.1) is 0 Å². The molecule has 0 aliphatic carbocycles. The quantitative estimate of drug-likeness (QED) is 0.871. The Morgan fingerprint density at radius 3 is 2.60 bits per heavy atom. The SMILES string of the molecule is COc1ccccc1OCC(=O)NCc1ccccn1. The summed E-state index contributed by atoms with van der Waals surface area (Å²) in [4.78, 5) is 15.8. The molecule has 1 amide bonds. The molecule has 5 heteroatoms. The van der Waals surface area contributed by atoms with Crippen LogP contribution in [-0.4, -0.2) is 24.6 Å². The van der Waals surface area contributed by atoms with E-state index in [0.717, 1.165) is 5.69 Å². The maximum atomic E-state index is 11.7. The molecule has 0 spiro atoms. The zero-order valence-electron chi connectivity index (χ0n) is 11.2. The average Bonchev–Trinajstić information content (AvgIpc) is 2.52. The van der Waals surface area contributed by atoms with Gasteiger partial charge in [0.15, 0.2) is 18.1 Å². The molecule has 20 heavy (non-hydrogen) atoms. The molecule has 2 rings (SSSR count). The van der Waals surface area contributed by atoms with Crippen molar-refractivity contribution < 1.29 is 14.3 Å². The number of nitrogens with zero attached hydrogens (tertiary/aromatic N) is 1. The molecule has 1 aromatic carbocycles. The Balaban J connectivity index is 1.80. The zero-order valence-corrected chi connectivity index (χ0v) is 11.2. The molecule has 1 aromatic heterocycles. The van der Waals surface area contributed by atoms with Crippen LogP contribution < -0.4 is 14.8 Å². The first-order valence-electron chi connectivity index (χ1n) is 6.22. The Kier molecular flexibility index (Phi) is 4.94. The van der Waals surface area contributed by atoms with Crippen LogP contribution >= 0.6 is 0 Å². The number of hydrogen-bond donors (Lipinski definition) is 1. The normalized spacial score (nSPS) is 9.85. The van der Waals surface area contributed by atoms with Crippen molar-refractivity contribution in [2.75, 3.05) is 13.7 Å². The predicted octanol–water partition coefficient (Wildman–Crippen LogP) is 1.79. The predicted molar refractivity (Wildman–Crippen MR) is 74.6 cm³/mol. The first-order valence-corrected chi connectivity index (χ1v) is 6.22. The summed E-state index contributed by atoms with van der Waals surface area (Å²) in [6.07, 6.45) is 1.69. The molecule has 0 aliphatic heterocycles. The van der Waals surface area contributed by atoms with E-state index in [1.54, 1.807) is 25.4 Å². The highest BCUT2D eigenvalue weighted by Gasteiger charge is 2.06. The summed E-state index contributed by atoms with van der Waals surface area (Å²) >= 11 is 0. The number of amides is 1. The lowest BCUT2D eigenvalue weighted by atomic mass is 10.3. The second kappa shape index (κ2) is 7.13. The molecule has 1 N–H and O–H groups in total. The molecule has 0 radical (unpaired) electrons. The fraction of sp³-hybridized carbons (Fsp3) is 0.200. The van der Waals surface area contributed by atoms with Crippen molar-refractivity contribution in [2.24, 2.45) is 0 Å². The molecule has 0 atom stereocenters. The number of hydrogen-bond acceptors (Lipinski definition) is 4. The van der Waals surface area contributed by atoms with Crippen molar-refractivity contribution >= 4 is 5.91 Å². The van der Waals surface area contributed by atoms with E-state index in [-0.39, 0.29) is 12.5 Å². The second-order valence-electron chi connectivity index (χ2n) is 4.04. The number of carbonyl (C=O) groups excluding carboxylic acids is 1. The van der Waals surface area contributed by atoms with Crippen LogP contribution in [0.5, 0.6) is 11.5 Å². The van der Waals surface area contributed by atoms with E-state index in [2.05, 4.69) is 10.3 Å². The summed E-state index contributed by atoms with van der Waals surface area (Å²) in [5, 5.41) is 2.74. The molecule has 0 bridgehead atoms. The number of rotatable bonds is 6. The maximum absolute atomic E-state index is 11.7. The largest absolute Gasteiger partial charge is 0.493 e. The van der Waals surface area contributed by atoms with Gasteiger partial charge in [-0.25, -0.2) is 0 Å². The van der Waals surface area contributed by atoms with E-state index >= 15 is 0 Å². The lowest BCUT2D eigenvalue weighted by Crippen LogP contribution is -2.28. The van der Waals surface area contributed by atoms with Gasteiger partial charge < -0.3 is 14.8 Å². The minimum absolute atomic E-state index is 0.0623. The van der Waals surface area contributed by atoms with Crippen molar-refractivity contribution in [3.8, 4) is 11.5 Å². The highest BCUT2D eigenvalue weighted by molar-refractivity contribution is 5.77. The van der Waals surface area contributed by atoms with Gasteiger partial charge in [0.2, 0.25) is 0 Å². The van der Waals surface area contributed by atoms with Gasteiger partial charge in [0.25, 0.3) is 5.91 Å². The molecular weight excluding hydrogens is 256 g/mol. The third kappa shape index (κ3) is 3.98. The topological polar surface area (TPSA) is 60.5 Å². The average molecular weight is 272 g/mol. The van der Waals surface area contributed by atoms with Crippen molar-refractivity contribution in [3.05, 3.63) is 54.4 Å². The van der Waals surface area contributed by atoms with Crippen molar-refractivity contribution in [1.29, 1.82) is 0 Å². The lowest BCUT2D eigenvalue weighted by Gasteiger charge is -2.10. The number of methoxy groups -OCH3 is 1. The highest BCUT2D eigenvalue weighted by Crippen LogP contribution is 2.25. The van der Waals surface area contributed by atoms with E-state index in [0.29, 0.717) is 18.0 Å². The summed E-state index contributed by atoms with van der Waals surface area (Å²) in [5.74, 6) is 0.939. The first kappa shape index (κ1) is 13.9. The van der Waals surface area contributed by atoms with E-state index in [1.165, 1.54) is 0 Å². The Morgan fingerprint density at radius 1 is 1.15 bits per heavy atom. The van der Waals surface area contributed by atoms with Crippen LogP contribution in [0.15, 0.2) is 48.7 Å². The van der Waals surface area contributed by atoms with Gasteiger partial charge in [-0.2, -0.15) is 0 Å². The van der Waals surface area contributed by atoms with Crippen LogP contribution in [0.1, 0.15) is 5.69 Å². The van der Waals surface area contributed by atoms with Gasteiger partial charge in [0.05, 0.1) is 19.3 Å². The van der Waals surface area contributed by atoms with E-state index < -0.39 is 0 Å². The van der Waals surface area contributed by atoms with Gasteiger partial charge in [-0.1, -0.05) is 18.2 Å². The summed E-state index contributed by atoms with van der Waals surface area (Å²) in [6.45, 7) is 0.322. The van der Waals surface area contributed by atoms with Gasteiger partial charge in [0, 0.05) is 6.20 Å². The standard InChI is InChI=1S/C15H16N2O3/c1-19-13-7-2-3-8-14(13)20-11-15(18)17-10-12-6-4-5-9-16-12/h2-9H,10-11H2,1H3,(H,17,18). The van der Waals surface area contributed by atoms with Crippen LogP contribution in [-0.2, 0) is 11.3 Å². The fourth-order valence-electron chi connectivity index (χ4n) is 1.62. The van der Waals surface area contributed by atoms with Gasteiger partial charge in [-0.15, -0.1) is 0 Å². The third-order valence-electron chi connectivity index (χ3n) is 2.62. The zero-order chi connectivity index (χ0) is 14.2. The van der Waals surface area contributed by atoms with Crippen LogP contribution in [0.2, 0.25) is 0 Å². The van der Waals surface area contributed by atoms with Crippen molar-refractivity contribution in [3.63, 3.8) is 0 Å². The molecule has 0 saturated carbocycles. The second-order valence-corrected chi connectivity index (χ2v) is 4.04. The Bertz CT molecular complexity index is 558. The minimum Gasteiger partial charge on any atom is -0.493 e. The number of aromatic nitrogens is 1. The Labute approximate surface area is 117 Å². The van der Waals surface area contributed by atoms with Gasteiger partial charge >= 0.3 is 0 Å². The lowest BCUT2D eigenvalue weighted by molar-refractivity contribution is -0.123. The Morgan fingerprint density at radius 2 is 1.90 bits per heavy atom. The van der Waals surface area contributed by atoms with Crippen LogP contribution in [0.25, 0.3) is 0 Å². The summed E-state index contributed by atoms with van der Waals surface area (Å²) in [6, 6.07) is 12.7. The number of para-hydroxylation sites is 2. The van der Waals surface area contributed by atoms with Gasteiger partial charge in [-0.05, 0) is 24.3 Å². The molecule has 2 aromatic rings. The third-order valence-corrected chi connectivity index (χ3v) is 2.62. The van der Waals surface area contributed by atoms with Crippen molar-refractivity contribution in [1.82, 2.24) is 10.3 Å². The number of ether oxygens (including phenoxy) is 2. The van der Waals surface area contributed by atoms with E-state index in [9.17, 15) is 4.79 Å². The molecular formula is C15H16N2O3. The summed E-state index contributed by atoms with van der Waals surface area (Å²) in [5.41, 5.74) is 0.804. The monoisotopic (exact) mass is 272 g/mol. The molecule has 0 aliphatic rings. The number of benzene rings is 1. The number of pyridine rings is 1. The van der Waals surface area contributed by atoms with Gasteiger partial charge in [0.1, 0.15) is 0 Å². The summed E-state index contributed by atoms with van der Waals surface area (Å²) in [7, 11) is 1.56. The smallest absolute Gasteiger partial charge is 0.258 e. The molecule has 104 valence electrons. The van der Waals surface area contributed by atoms with Crippen molar-refractivity contribution in [2.45, 2.75) is 6.54 Å². The maximum Gasteiger partial charge on any atom is 0.258 e. The molecule has 0 unspecified atom stereocenters. The molecule has 5 nitrogen and oxygen atoms in total. The van der Waals surface area contributed by atoms with Crippen LogP contribution in [0.4, 0.5) is 0 Å². The van der Waals surface area contributed by atoms with Crippen LogP contribution in [0.3, 0.4) is 0 Å². The van der Waals surface area contributed by atoms with E-state index in [4.69, 9.17) is 9.47 Å². The van der Waals surface area contributed by atoms with Gasteiger partial charge in [-0.3, -0.25) is 9.78 Å². The number of carbonyl (C=O) groups is 1. The number of nitrogens with one attached hydrogen (secondary N) is 1. The molecule has 0 fully saturated rings. The first-order chi connectivity index (χ1) is 9.79. The highest BCUT2D eigenvalue weighted by atomic mass is 16.5. The molecule has 0 saturated heterocycles. The Hall–Kier alpha value is -2.56. The minimum atomic E-state index is -0.207. The summed E-state index contributed by atoms with van der Waals surface area (Å²) < 4.78 is 10.6. The van der Waals surface area contributed by atoms with E-state index in [1.807, 2.05) is 30.3 Å². The molecule has 1 heterocycles.